The van der Waals surface area contributed by atoms with Crippen LogP contribution in [0.15, 0.2) is 78.2 Å². The highest BCUT2D eigenvalue weighted by atomic mass is 32.2. The summed E-state index contributed by atoms with van der Waals surface area (Å²) in [6, 6.07) is 14.0. The van der Waals surface area contributed by atoms with Gasteiger partial charge in [-0.15, -0.1) is 11.8 Å². The lowest BCUT2D eigenvalue weighted by molar-refractivity contribution is -0.0494. The summed E-state index contributed by atoms with van der Waals surface area (Å²) in [5.41, 5.74) is 3.85. The molecule has 0 spiro atoms. The zero-order valence-electron chi connectivity index (χ0n) is 18.3. The number of benzene rings is 2. The summed E-state index contributed by atoms with van der Waals surface area (Å²) in [4.78, 5) is 18.0. The molecule has 0 aliphatic rings. The van der Waals surface area contributed by atoms with Crippen molar-refractivity contribution >= 4 is 29.0 Å². The van der Waals surface area contributed by atoms with Crippen LogP contribution in [0.3, 0.4) is 0 Å². The first kappa shape index (κ1) is 22.5. The van der Waals surface area contributed by atoms with E-state index in [1.807, 2.05) is 24.5 Å². The van der Waals surface area contributed by atoms with Crippen LogP contribution in [0.25, 0.3) is 28.0 Å². The number of thioether (sulfide) groups is 1. The maximum absolute atomic E-state index is 12.9. The summed E-state index contributed by atoms with van der Waals surface area (Å²) in [5.74, 6) is -0.275. The first-order valence-electron chi connectivity index (χ1n) is 10.4. The quantitative estimate of drug-likeness (QED) is 0.297. The lowest BCUT2D eigenvalue weighted by Gasteiger charge is -2.13. The fraction of sp³-hybridized carbons (Fsp3) is 0.0833. The maximum Gasteiger partial charge on any atom is 0.387 e. The maximum atomic E-state index is 12.9. The number of nitrogens with zero attached hydrogens (tertiary/aromatic N) is 4. The van der Waals surface area contributed by atoms with Gasteiger partial charge in [0.1, 0.15) is 11.3 Å². The molecule has 0 atom stereocenters. The third kappa shape index (κ3) is 4.58. The number of anilines is 1. The van der Waals surface area contributed by atoms with Crippen LogP contribution < -0.4 is 10.1 Å². The van der Waals surface area contributed by atoms with Crippen molar-refractivity contribution in [1.29, 1.82) is 0 Å². The molecule has 8 nitrogen and oxygen atoms in total. The third-order valence-corrected chi connectivity index (χ3v) is 6.02. The molecule has 3 heterocycles. The van der Waals surface area contributed by atoms with Gasteiger partial charge in [-0.3, -0.25) is 9.89 Å². The van der Waals surface area contributed by atoms with Gasteiger partial charge in [-0.2, -0.15) is 19.0 Å². The van der Waals surface area contributed by atoms with E-state index in [-0.39, 0.29) is 11.7 Å². The van der Waals surface area contributed by atoms with E-state index in [9.17, 15) is 13.6 Å². The number of carbonyl (C=O) groups excluding carboxylic acids is 1. The molecule has 0 bridgehead atoms. The van der Waals surface area contributed by atoms with E-state index < -0.39 is 6.61 Å². The molecule has 5 aromatic rings. The zero-order valence-corrected chi connectivity index (χ0v) is 19.1. The summed E-state index contributed by atoms with van der Waals surface area (Å²) in [6.07, 6.45) is 8.17. The van der Waals surface area contributed by atoms with E-state index in [1.165, 1.54) is 28.7 Å². The van der Waals surface area contributed by atoms with Gasteiger partial charge in [0.15, 0.2) is 5.65 Å². The van der Waals surface area contributed by atoms with Gasteiger partial charge in [0.05, 0.1) is 23.8 Å². The van der Waals surface area contributed by atoms with Gasteiger partial charge in [-0.25, -0.2) is 9.50 Å². The van der Waals surface area contributed by atoms with E-state index >= 15 is 0 Å². The van der Waals surface area contributed by atoms with Crippen molar-refractivity contribution in [3.8, 4) is 28.1 Å². The molecule has 5 rings (SSSR count). The number of hydrogen-bond acceptors (Lipinski definition) is 6. The standard InChI is InChI=1S/C24H18F2N6O2S/c1-35-16-7-8-20(34-24(25)26)17(11-16)14-3-5-15(6-4-14)21-19(13-28-31-21)30-23(33)18-12-29-32-10-2-9-27-22(18)32/h2-13,24H,1H3,(H,28,31)(H,30,33). The number of rotatable bonds is 7. The molecule has 2 aromatic carbocycles. The normalized spacial score (nSPS) is 11.2. The average Bonchev–Trinajstić information content (AvgIpc) is 3.51. The average molecular weight is 493 g/mol. The molecule has 0 saturated carbocycles. The number of halogens is 2. The summed E-state index contributed by atoms with van der Waals surface area (Å²) in [7, 11) is 0. The van der Waals surface area contributed by atoms with Gasteiger partial charge in [0.2, 0.25) is 0 Å². The molecule has 0 fully saturated rings. The SMILES string of the molecule is CSc1ccc(OC(F)F)c(-c2ccc(-c3[nH]ncc3NC(=O)c3cnn4cccnc34)cc2)c1. The number of aromatic nitrogens is 5. The molecule has 35 heavy (non-hydrogen) atoms. The van der Waals surface area contributed by atoms with Crippen LogP contribution in [0.5, 0.6) is 5.75 Å². The number of aromatic amines is 1. The second-order valence-electron chi connectivity index (χ2n) is 7.38. The predicted molar refractivity (Wildman–Crippen MR) is 129 cm³/mol. The molecule has 0 unspecified atom stereocenters. The molecule has 0 aliphatic heterocycles. The Morgan fingerprint density at radius 1 is 1.14 bits per heavy atom. The van der Waals surface area contributed by atoms with E-state index in [4.69, 9.17) is 4.74 Å². The first-order chi connectivity index (χ1) is 17.0. The van der Waals surface area contributed by atoms with Gasteiger partial charge in [0.25, 0.3) is 5.91 Å². The predicted octanol–water partition coefficient (Wildman–Crippen LogP) is 5.36. The second kappa shape index (κ2) is 9.55. The van der Waals surface area contributed by atoms with E-state index in [0.717, 1.165) is 10.5 Å². The van der Waals surface area contributed by atoms with Crippen molar-refractivity contribution in [2.75, 3.05) is 11.6 Å². The van der Waals surface area contributed by atoms with Crippen LogP contribution in [-0.4, -0.2) is 43.6 Å². The highest BCUT2D eigenvalue weighted by molar-refractivity contribution is 7.98. The minimum atomic E-state index is -2.92. The number of hydrogen-bond donors (Lipinski definition) is 2. The Labute approximate surface area is 202 Å². The molecule has 0 saturated heterocycles. The van der Waals surface area contributed by atoms with Gasteiger partial charge >= 0.3 is 6.61 Å². The highest BCUT2D eigenvalue weighted by Gasteiger charge is 2.18. The Hall–Kier alpha value is -4.25. The van der Waals surface area contributed by atoms with Crippen molar-refractivity contribution in [3.05, 3.63) is 78.9 Å². The Morgan fingerprint density at radius 3 is 2.71 bits per heavy atom. The number of ether oxygens (including phenoxy) is 1. The van der Waals surface area contributed by atoms with Crippen molar-refractivity contribution in [2.24, 2.45) is 0 Å². The summed E-state index contributed by atoms with van der Waals surface area (Å²) in [6.45, 7) is -2.92. The van der Waals surface area contributed by atoms with Crippen LogP contribution in [0.1, 0.15) is 10.4 Å². The fourth-order valence-electron chi connectivity index (χ4n) is 3.65. The number of nitrogens with one attached hydrogen (secondary N) is 2. The minimum absolute atomic E-state index is 0.0991. The van der Waals surface area contributed by atoms with Crippen LogP contribution in [0, 0.1) is 0 Å². The minimum Gasteiger partial charge on any atom is -0.434 e. The summed E-state index contributed by atoms with van der Waals surface area (Å²) < 4.78 is 32.0. The second-order valence-corrected chi connectivity index (χ2v) is 8.26. The third-order valence-electron chi connectivity index (χ3n) is 5.30. The molecule has 0 radical (unpaired) electrons. The lowest BCUT2D eigenvalue weighted by Crippen LogP contribution is -2.12. The number of alkyl halides is 2. The van der Waals surface area contributed by atoms with Crippen molar-refractivity contribution in [2.45, 2.75) is 11.5 Å². The van der Waals surface area contributed by atoms with Gasteiger partial charge in [0, 0.05) is 28.4 Å². The molecular formula is C24H18F2N6O2S. The van der Waals surface area contributed by atoms with Crippen LogP contribution in [0.2, 0.25) is 0 Å². The Bertz CT molecular complexity index is 1500. The van der Waals surface area contributed by atoms with Crippen LogP contribution in [-0.2, 0) is 0 Å². The van der Waals surface area contributed by atoms with Crippen molar-refractivity contribution < 1.29 is 18.3 Å². The largest absolute Gasteiger partial charge is 0.434 e. The molecule has 1 amide bonds. The summed E-state index contributed by atoms with van der Waals surface area (Å²) >= 11 is 1.51. The zero-order chi connectivity index (χ0) is 24.4. The Kier molecular flexibility index (Phi) is 6.15. The molecule has 176 valence electrons. The van der Waals surface area contributed by atoms with Gasteiger partial charge in [-0.1, -0.05) is 24.3 Å². The fourth-order valence-corrected chi connectivity index (χ4v) is 4.09. The summed E-state index contributed by atoms with van der Waals surface area (Å²) in [5, 5.41) is 13.9. The van der Waals surface area contributed by atoms with E-state index in [1.54, 1.807) is 42.7 Å². The van der Waals surface area contributed by atoms with Crippen LogP contribution in [0.4, 0.5) is 14.5 Å². The molecule has 3 aromatic heterocycles. The Balaban J connectivity index is 1.42. The molecule has 11 heteroatoms. The number of carbonyl (C=O) groups is 1. The van der Waals surface area contributed by atoms with Gasteiger partial charge in [-0.05, 0) is 36.1 Å². The smallest absolute Gasteiger partial charge is 0.387 e. The molecular weight excluding hydrogens is 474 g/mol. The molecule has 0 aliphatic carbocycles. The number of amides is 1. The Morgan fingerprint density at radius 2 is 1.94 bits per heavy atom. The van der Waals surface area contributed by atoms with Gasteiger partial charge < -0.3 is 10.1 Å². The van der Waals surface area contributed by atoms with Crippen molar-refractivity contribution in [1.82, 2.24) is 24.8 Å². The van der Waals surface area contributed by atoms with Crippen LogP contribution >= 0.6 is 11.8 Å². The van der Waals surface area contributed by atoms with E-state index in [0.29, 0.717) is 33.7 Å². The number of fused-ring (bicyclic) bond motifs is 1. The molecule has 2 N–H and O–H groups in total. The monoisotopic (exact) mass is 492 g/mol. The lowest BCUT2D eigenvalue weighted by atomic mass is 10.0. The van der Waals surface area contributed by atoms with E-state index in [2.05, 4.69) is 25.6 Å². The van der Waals surface area contributed by atoms with Crippen molar-refractivity contribution in [3.63, 3.8) is 0 Å². The highest BCUT2D eigenvalue weighted by Crippen LogP contribution is 2.36. The number of H-pyrrole nitrogens is 1. The topological polar surface area (TPSA) is 97.2 Å². The first-order valence-corrected chi connectivity index (χ1v) is 11.6.